The molecule has 2 heterocycles. The number of aromatic nitrogens is 1. The zero-order valence-corrected chi connectivity index (χ0v) is 13.5. The van der Waals surface area contributed by atoms with Gasteiger partial charge in [-0.15, -0.1) is 0 Å². The molecule has 0 spiro atoms. The first-order valence-corrected chi connectivity index (χ1v) is 7.98. The quantitative estimate of drug-likeness (QED) is 0.851. The zero-order valence-electron chi connectivity index (χ0n) is 13.5. The van der Waals surface area contributed by atoms with Crippen molar-refractivity contribution in [2.45, 2.75) is 26.4 Å². The Morgan fingerprint density at radius 1 is 1.13 bits per heavy atom. The highest BCUT2D eigenvalue weighted by Crippen LogP contribution is 2.32. The molecule has 2 N–H and O–H groups in total. The number of nitrogens with zero attached hydrogens (tertiary/aromatic N) is 2. The molecule has 122 valence electrons. The summed E-state index contributed by atoms with van der Waals surface area (Å²) < 4.78 is 10.8. The van der Waals surface area contributed by atoms with Gasteiger partial charge >= 0.3 is 0 Å². The van der Waals surface area contributed by atoms with Crippen LogP contribution >= 0.6 is 0 Å². The molecule has 0 saturated carbocycles. The fourth-order valence-electron chi connectivity index (χ4n) is 2.74. The number of pyridine rings is 1. The monoisotopic (exact) mass is 313 g/mol. The fourth-order valence-corrected chi connectivity index (χ4v) is 2.74. The molecule has 0 fully saturated rings. The second-order valence-electron chi connectivity index (χ2n) is 5.81. The van der Waals surface area contributed by atoms with E-state index < -0.39 is 0 Å². The SMILES string of the molecule is Cc1cccc(CN(CCCN)Cc2ccc3c(c2)OCO3)n1. The van der Waals surface area contributed by atoms with Crippen molar-refractivity contribution in [2.24, 2.45) is 5.73 Å². The van der Waals surface area contributed by atoms with Crippen LogP contribution < -0.4 is 15.2 Å². The topological polar surface area (TPSA) is 60.6 Å². The Labute approximate surface area is 137 Å². The Morgan fingerprint density at radius 3 is 2.83 bits per heavy atom. The molecule has 0 unspecified atom stereocenters. The molecule has 0 atom stereocenters. The third kappa shape index (κ3) is 4.21. The normalized spacial score (nSPS) is 12.8. The number of benzene rings is 1. The summed E-state index contributed by atoms with van der Waals surface area (Å²) >= 11 is 0. The van der Waals surface area contributed by atoms with Gasteiger partial charge in [-0.3, -0.25) is 9.88 Å². The first kappa shape index (κ1) is 15.8. The highest BCUT2D eigenvalue weighted by molar-refractivity contribution is 5.44. The van der Waals surface area contributed by atoms with E-state index in [0.29, 0.717) is 13.3 Å². The van der Waals surface area contributed by atoms with Crippen LogP contribution in [0.25, 0.3) is 0 Å². The molecule has 0 bridgehead atoms. The molecular formula is C18H23N3O2. The number of hydrogen-bond donors (Lipinski definition) is 1. The van der Waals surface area contributed by atoms with Crippen LogP contribution in [0.1, 0.15) is 23.4 Å². The molecule has 1 aromatic carbocycles. The smallest absolute Gasteiger partial charge is 0.231 e. The van der Waals surface area contributed by atoms with Gasteiger partial charge in [-0.2, -0.15) is 0 Å². The number of nitrogens with two attached hydrogens (primary N) is 1. The van der Waals surface area contributed by atoms with Crippen molar-refractivity contribution in [2.75, 3.05) is 19.9 Å². The van der Waals surface area contributed by atoms with E-state index in [1.54, 1.807) is 0 Å². The van der Waals surface area contributed by atoms with Crippen molar-refractivity contribution in [1.29, 1.82) is 0 Å². The third-order valence-electron chi connectivity index (χ3n) is 3.85. The predicted octanol–water partition coefficient (Wildman–Crippen LogP) is 2.47. The Balaban J connectivity index is 1.71. The van der Waals surface area contributed by atoms with E-state index in [2.05, 4.69) is 34.1 Å². The number of fused-ring (bicyclic) bond motifs is 1. The van der Waals surface area contributed by atoms with Crippen LogP contribution in [0.3, 0.4) is 0 Å². The van der Waals surface area contributed by atoms with Gasteiger partial charge in [-0.05, 0) is 49.7 Å². The van der Waals surface area contributed by atoms with E-state index in [4.69, 9.17) is 15.2 Å². The van der Waals surface area contributed by atoms with Crippen LogP contribution in [0.5, 0.6) is 11.5 Å². The largest absolute Gasteiger partial charge is 0.454 e. The molecule has 0 saturated heterocycles. The number of rotatable bonds is 7. The van der Waals surface area contributed by atoms with E-state index in [-0.39, 0.29) is 0 Å². The number of aryl methyl sites for hydroxylation is 1. The predicted molar refractivity (Wildman–Crippen MR) is 89.3 cm³/mol. The minimum absolute atomic E-state index is 0.308. The molecule has 5 heteroatoms. The summed E-state index contributed by atoms with van der Waals surface area (Å²) in [4.78, 5) is 6.97. The molecule has 2 aromatic rings. The minimum Gasteiger partial charge on any atom is -0.454 e. The van der Waals surface area contributed by atoms with Crippen molar-refractivity contribution < 1.29 is 9.47 Å². The van der Waals surface area contributed by atoms with Crippen molar-refractivity contribution in [3.05, 3.63) is 53.3 Å². The fraction of sp³-hybridized carbons (Fsp3) is 0.389. The van der Waals surface area contributed by atoms with Gasteiger partial charge in [0.2, 0.25) is 6.79 Å². The highest BCUT2D eigenvalue weighted by Gasteiger charge is 2.15. The van der Waals surface area contributed by atoms with Crippen molar-refractivity contribution >= 4 is 0 Å². The van der Waals surface area contributed by atoms with Gasteiger partial charge in [-0.25, -0.2) is 0 Å². The van der Waals surface area contributed by atoms with Crippen molar-refractivity contribution in [3.63, 3.8) is 0 Å². The van der Waals surface area contributed by atoms with E-state index in [0.717, 1.165) is 48.9 Å². The van der Waals surface area contributed by atoms with Gasteiger partial charge in [0.05, 0.1) is 5.69 Å². The average molecular weight is 313 g/mol. The number of hydrogen-bond acceptors (Lipinski definition) is 5. The lowest BCUT2D eigenvalue weighted by atomic mass is 10.1. The molecule has 0 amide bonds. The lowest BCUT2D eigenvalue weighted by molar-refractivity contribution is 0.174. The lowest BCUT2D eigenvalue weighted by Gasteiger charge is -2.22. The lowest BCUT2D eigenvalue weighted by Crippen LogP contribution is -2.26. The van der Waals surface area contributed by atoms with E-state index in [9.17, 15) is 0 Å². The van der Waals surface area contributed by atoms with Crippen LogP contribution in [-0.2, 0) is 13.1 Å². The minimum atomic E-state index is 0.308. The van der Waals surface area contributed by atoms with Crippen molar-refractivity contribution in [3.8, 4) is 11.5 Å². The Kier molecular flexibility index (Phi) is 5.10. The summed E-state index contributed by atoms with van der Waals surface area (Å²) in [6.07, 6.45) is 0.969. The van der Waals surface area contributed by atoms with Crippen LogP contribution in [0.4, 0.5) is 0 Å². The summed E-state index contributed by atoms with van der Waals surface area (Å²) in [5.41, 5.74) is 9.02. The van der Waals surface area contributed by atoms with E-state index in [1.165, 1.54) is 5.56 Å². The van der Waals surface area contributed by atoms with Gasteiger partial charge in [0.15, 0.2) is 11.5 Å². The van der Waals surface area contributed by atoms with Crippen molar-refractivity contribution in [1.82, 2.24) is 9.88 Å². The van der Waals surface area contributed by atoms with Crippen LogP contribution in [0.2, 0.25) is 0 Å². The molecule has 1 aromatic heterocycles. The zero-order chi connectivity index (χ0) is 16.1. The van der Waals surface area contributed by atoms with Gasteiger partial charge in [-0.1, -0.05) is 12.1 Å². The van der Waals surface area contributed by atoms with Gasteiger partial charge < -0.3 is 15.2 Å². The maximum absolute atomic E-state index is 5.68. The number of ether oxygens (including phenoxy) is 2. The summed E-state index contributed by atoms with van der Waals surface area (Å²) in [6.45, 7) is 5.62. The standard InChI is InChI=1S/C18H23N3O2/c1-14-4-2-5-16(20-14)12-21(9-3-8-19)11-15-6-7-17-18(10-15)23-13-22-17/h2,4-7,10H,3,8-9,11-13,19H2,1H3. The summed E-state index contributed by atoms with van der Waals surface area (Å²) in [6, 6.07) is 12.3. The Morgan fingerprint density at radius 2 is 2.00 bits per heavy atom. The molecule has 1 aliphatic rings. The first-order chi connectivity index (χ1) is 11.2. The second-order valence-corrected chi connectivity index (χ2v) is 5.81. The highest BCUT2D eigenvalue weighted by atomic mass is 16.7. The Bertz CT molecular complexity index is 660. The molecule has 0 radical (unpaired) electrons. The average Bonchev–Trinajstić information content (AvgIpc) is 3.00. The van der Waals surface area contributed by atoms with Gasteiger partial charge in [0.25, 0.3) is 0 Å². The van der Waals surface area contributed by atoms with Crippen LogP contribution in [0, 0.1) is 6.92 Å². The summed E-state index contributed by atoms with van der Waals surface area (Å²) in [7, 11) is 0. The van der Waals surface area contributed by atoms with Gasteiger partial charge in [0.1, 0.15) is 0 Å². The van der Waals surface area contributed by atoms with Crippen LogP contribution in [-0.4, -0.2) is 29.8 Å². The van der Waals surface area contributed by atoms with Crippen LogP contribution in [0.15, 0.2) is 36.4 Å². The second kappa shape index (κ2) is 7.44. The maximum Gasteiger partial charge on any atom is 0.231 e. The third-order valence-corrected chi connectivity index (χ3v) is 3.85. The Hall–Kier alpha value is -2.11. The molecular weight excluding hydrogens is 290 g/mol. The van der Waals surface area contributed by atoms with E-state index >= 15 is 0 Å². The summed E-state index contributed by atoms with van der Waals surface area (Å²) in [5, 5.41) is 0. The molecule has 3 rings (SSSR count). The molecule has 0 aliphatic carbocycles. The maximum atomic E-state index is 5.68. The van der Waals surface area contributed by atoms with Gasteiger partial charge in [0, 0.05) is 25.3 Å². The van der Waals surface area contributed by atoms with E-state index in [1.807, 2.05) is 19.1 Å². The summed E-state index contributed by atoms with van der Waals surface area (Å²) in [5.74, 6) is 1.65. The molecule has 23 heavy (non-hydrogen) atoms. The molecule has 5 nitrogen and oxygen atoms in total. The molecule has 1 aliphatic heterocycles. The first-order valence-electron chi connectivity index (χ1n) is 7.98.